The fourth-order valence-electron chi connectivity index (χ4n) is 3.20. The Labute approximate surface area is 112 Å². The highest BCUT2D eigenvalue weighted by Gasteiger charge is 2.25. The summed E-state index contributed by atoms with van der Waals surface area (Å²) in [5.74, 6) is 0. The first kappa shape index (κ1) is 14.3. The molecule has 0 aromatic rings. The summed E-state index contributed by atoms with van der Waals surface area (Å²) in [5, 5.41) is 3.66. The number of nitrogens with zero attached hydrogens (tertiary/aromatic N) is 1. The van der Waals surface area contributed by atoms with E-state index in [0.717, 1.165) is 25.6 Å². The molecule has 3 heteroatoms. The lowest BCUT2D eigenvalue weighted by Gasteiger charge is -2.22. The van der Waals surface area contributed by atoms with Crippen LogP contribution in [0.1, 0.15) is 51.9 Å². The van der Waals surface area contributed by atoms with Gasteiger partial charge in [0.25, 0.3) is 0 Å². The fourth-order valence-corrected chi connectivity index (χ4v) is 3.20. The van der Waals surface area contributed by atoms with Crippen LogP contribution >= 0.6 is 0 Å². The molecule has 2 fully saturated rings. The van der Waals surface area contributed by atoms with E-state index in [9.17, 15) is 0 Å². The molecule has 2 atom stereocenters. The monoisotopic (exact) mass is 254 g/mol. The highest BCUT2D eigenvalue weighted by molar-refractivity contribution is 4.84. The van der Waals surface area contributed by atoms with Crippen LogP contribution in [-0.4, -0.2) is 49.8 Å². The van der Waals surface area contributed by atoms with Gasteiger partial charge in [0.05, 0.1) is 6.10 Å². The van der Waals surface area contributed by atoms with Gasteiger partial charge in [-0.2, -0.15) is 0 Å². The highest BCUT2D eigenvalue weighted by atomic mass is 16.5. The summed E-state index contributed by atoms with van der Waals surface area (Å²) in [4.78, 5) is 2.44. The second kappa shape index (κ2) is 7.46. The van der Waals surface area contributed by atoms with Gasteiger partial charge in [0.1, 0.15) is 0 Å². The molecule has 3 nitrogen and oxygen atoms in total. The smallest absolute Gasteiger partial charge is 0.0575 e. The van der Waals surface area contributed by atoms with Crippen LogP contribution in [-0.2, 0) is 4.74 Å². The van der Waals surface area contributed by atoms with Gasteiger partial charge in [-0.05, 0) is 46.2 Å². The lowest BCUT2D eigenvalue weighted by Crippen LogP contribution is -2.32. The molecule has 1 saturated heterocycles. The number of ether oxygens (including phenoxy) is 1. The van der Waals surface area contributed by atoms with E-state index in [-0.39, 0.29) is 0 Å². The van der Waals surface area contributed by atoms with E-state index in [1.807, 2.05) is 0 Å². The van der Waals surface area contributed by atoms with Crippen molar-refractivity contribution in [3.05, 3.63) is 0 Å². The summed E-state index contributed by atoms with van der Waals surface area (Å²) < 4.78 is 5.94. The minimum absolute atomic E-state index is 0.566. The molecule has 1 aliphatic heterocycles. The molecule has 2 rings (SSSR count). The SMILES string of the molecule is CC1CC(NCCCOC2CCCCC2)CN1C. The van der Waals surface area contributed by atoms with E-state index in [1.165, 1.54) is 45.1 Å². The van der Waals surface area contributed by atoms with Crippen molar-refractivity contribution in [3.8, 4) is 0 Å². The second-order valence-electron chi connectivity index (χ2n) is 6.16. The molecule has 1 heterocycles. The number of nitrogens with one attached hydrogen (secondary N) is 1. The average Bonchev–Trinajstić information content (AvgIpc) is 2.70. The van der Waals surface area contributed by atoms with Crippen LogP contribution in [0.15, 0.2) is 0 Å². The number of likely N-dealkylation sites (N-methyl/N-ethyl adjacent to an activating group) is 1. The summed E-state index contributed by atoms with van der Waals surface area (Å²) in [6.07, 6.45) is 9.75. The number of hydrogen-bond donors (Lipinski definition) is 1. The van der Waals surface area contributed by atoms with Crippen molar-refractivity contribution >= 4 is 0 Å². The molecule has 1 saturated carbocycles. The Morgan fingerprint density at radius 2 is 2.00 bits per heavy atom. The van der Waals surface area contributed by atoms with Crippen LogP contribution in [0.5, 0.6) is 0 Å². The van der Waals surface area contributed by atoms with Gasteiger partial charge in [0, 0.05) is 25.2 Å². The summed E-state index contributed by atoms with van der Waals surface area (Å²) in [5.41, 5.74) is 0. The molecular formula is C15H30N2O. The molecule has 0 aromatic carbocycles. The third-order valence-electron chi connectivity index (χ3n) is 4.55. The van der Waals surface area contributed by atoms with Crippen LogP contribution in [0, 0.1) is 0 Å². The molecule has 1 aliphatic carbocycles. The van der Waals surface area contributed by atoms with Crippen LogP contribution in [0.4, 0.5) is 0 Å². The van der Waals surface area contributed by atoms with E-state index in [2.05, 4.69) is 24.2 Å². The Bertz CT molecular complexity index is 219. The van der Waals surface area contributed by atoms with Gasteiger partial charge in [-0.25, -0.2) is 0 Å². The standard InChI is InChI=1S/C15H30N2O/c1-13-11-14(12-17(13)2)16-9-6-10-18-15-7-4-3-5-8-15/h13-16H,3-12H2,1-2H3. The normalized spacial score (nSPS) is 31.0. The molecule has 106 valence electrons. The number of likely N-dealkylation sites (tertiary alicyclic amines) is 1. The first-order valence-electron chi connectivity index (χ1n) is 7.81. The average molecular weight is 254 g/mol. The predicted octanol–water partition coefficient (Wildman–Crippen LogP) is 2.41. The zero-order valence-electron chi connectivity index (χ0n) is 12.2. The number of hydrogen-bond acceptors (Lipinski definition) is 3. The molecule has 0 amide bonds. The lowest BCUT2D eigenvalue weighted by atomic mass is 9.98. The molecule has 2 aliphatic rings. The van der Waals surface area contributed by atoms with Gasteiger partial charge < -0.3 is 15.0 Å². The topological polar surface area (TPSA) is 24.5 Å². The van der Waals surface area contributed by atoms with Gasteiger partial charge in [0.15, 0.2) is 0 Å². The Hall–Kier alpha value is -0.120. The molecule has 0 spiro atoms. The molecule has 18 heavy (non-hydrogen) atoms. The van der Waals surface area contributed by atoms with Crippen molar-refractivity contribution in [1.82, 2.24) is 10.2 Å². The van der Waals surface area contributed by atoms with Crippen molar-refractivity contribution in [2.75, 3.05) is 26.7 Å². The zero-order valence-corrected chi connectivity index (χ0v) is 12.2. The van der Waals surface area contributed by atoms with Crippen molar-refractivity contribution in [1.29, 1.82) is 0 Å². The minimum Gasteiger partial charge on any atom is -0.378 e. The van der Waals surface area contributed by atoms with Crippen molar-refractivity contribution < 1.29 is 4.74 Å². The zero-order chi connectivity index (χ0) is 12.8. The molecular weight excluding hydrogens is 224 g/mol. The second-order valence-corrected chi connectivity index (χ2v) is 6.16. The third kappa shape index (κ3) is 4.52. The third-order valence-corrected chi connectivity index (χ3v) is 4.55. The first-order valence-corrected chi connectivity index (χ1v) is 7.81. The summed E-state index contributed by atoms with van der Waals surface area (Å²) in [6.45, 7) is 5.56. The molecule has 0 aromatic heterocycles. The van der Waals surface area contributed by atoms with Crippen LogP contribution in [0.3, 0.4) is 0 Å². The van der Waals surface area contributed by atoms with E-state index in [1.54, 1.807) is 0 Å². The maximum atomic E-state index is 5.94. The first-order chi connectivity index (χ1) is 8.75. The molecule has 2 unspecified atom stereocenters. The largest absolute Gasteiger partial charge is 0.378 e. The lowest BCUT2D eigenvalue weighted by molar-refractivity contribution is 0.0271. The number of rotatable bonds is 6. The van der Waals surface area contributed by atoms with Gasteiger partial charge in [0.2, 0.25) is 0 Å². The molecule has 0 bridgehead atoms. The van der Waals surface area contributed by atoms with Gasteiger partial charge >= 0.3 is 0 Å². The summed E-state index contributed by atoms with van der Waals surface area (Å²) in [6, 6.07) is 1.43. The molecule has 1 N–H and O–H groups in total. The van der Waals surface area contributed by atoms with E-state index >= 15 is 0 Å². The molecule has 0 radical (unpaired) electrons. The summed E-state index contributed by atoms with van der Waals surface area (Å²) >= 11 is 0. The summed E-state index contributed by atoms with van der Waals surface area (Å²) in [7, 11) is 2.22. The Balaban J connectivity index is 1.46. The Morgan fingerprint density at radius 3 is 2.67 bits per heavy atom. The van der Waals surface area contributed by atoms with E-state index < -0.39 is 0 Å². The van der Waals surface area contributed by atoms with Crippen LogP contribution in [0.25, 0.3) is 0 Å². The van der Waals surface area contributed by atoms with Crippen LogP contribution < -0.4 is 5.32 Å². The van der Waals surface area contributed by atoms with E-state index in [4.69, 9.17) is 4.74 Å². The Morgan fingerprint density at radius 1 is 1.22 bits per heavy atom. The quantitative estimate of drug-likeness (QED) is 0.737. The van der Waals surface area contributed by atoms with Crippen molar-refractivity contribution in [3.63, 3.8) is 0 Å². The van der Waals surface area contributed by atoms with E-state index in [0.29, 0.717) is 12.1 Å². The van der Waals surface area contributed by atoms with Crippen molar-refractivity contribution in [2.24, 2.45) is 0 Å². The van der Waals surface area contributed by atoms with Gasteiger partial charge in [-0.3, -0.25) is 0 Å². The van der Waals surface area contributed by atoms with Crippen molar-refractivity contribution in [2.45, 2.75) is 70.1 Å². The highest BCUT2D eigenvalue weighted by Crippen LogP contribution is 2.20. The van der Waals surface area contributed by atoms with Crippen LogP contribution in [0.2, 0.25) is 0 Å². The fraction of sp³-hybridized carbons (Fsp3) is 1.00. The predicted molar refractivity (Wildman–Crippen MR) is 75.9 cm³/mol. The minimum atomic E-state index is 0.566. The van der Waals surface area contributed by atoms with Gasteiger partial charge in [-0.15, -0.1) is 0 Å². The van der Waals surface area contributed by atoms with Gasteiger partial charge in [-0.1, -0.05) is 19.3 Å². The maximum Gasteiger partial charge on any atom is 0.0575 e. The Kier molecular flexibility index (Phi) is 5.93. The maximum absolute atomic E-state index is 5.94.